The number of carbonyl (C=O) groups excluding carboxylic acids is 2. The molecular weight excluding hydrogens is 372 g/mol. The second kappa shape index (κ2) is 9.31. The van der Waals surface area contributed by atoms with Gasteiger partial charge in [0.05, 0.1) is 12.7 Å². The highest BCUT2D eigenvalue weighted by Gasteiger charge is 2.35. The van der Waals surface area contributed by atoms with Gasteiger partial charge in [-0.1, -0.05) is 12.2 Å². The lowest BCUT2D eigenvalue weighted by molar-refractivity contribution is -0.216. The lowest BCUT2D eigenvalue weighted by Gasteiger charge is -2.45. The molecule has 0 bridgehead atoms. The summed E-state index contributed by atoms with van der Waals surface area (Å²) in [5.74, 6) is -0.541. The normalized spacial score (nSPS) is 20.1. The first-order valence-electron chi connectivity index (χ1n) is 9.85. The Morgan fingerprint density at radius 3 is 2.41 bits per heavy atom. The number of allylic oxidation sites excluding steroid dienone is 1. The van der Waals surface area contributed by atoms with Crippen LogP contribution >= 0.6 is 0 Å². The fraction of sp³-hybridized carbons (Fsp3) is 0.545. The molecule has 1 saturated heterocycles. The number of hydrogen-bond donors (Lipinski definition) is 0. The van der Waals surface area contributed by atoms with Crippen LogP contribution in [0, 0.1) is 0 Å². The zero-order valence-electron chi connectivity index (χ0n) is 18.4. The van der Waals surface area contributed by atoms with Crippen LogP contribution < -0.4 is 4.90 Å². The summed E-state index contributed by atoms with van der Waals surface area (Å²) in [7, 11) is 1.30. The number of nitrogens with zero attached hydrogens (tertiary/aromatic N) is 2. The topological polar surface area (TPSA) is 68.3 Å². The number of amides is 1. The maximum Gasteiger partial charge on any atom is 0.410 e. The Bertz CT molecular complexity index is 769. The van der Waals surface area contributed by atoms with Crippen LogP contribution in [-0.4, -0.2) is 54.8 Å². The minimum Gasteiger partial charge on any atom is -0.444 e. The molecule has 0 unspecified atom stereocenters. The monoisotopic (exact) mass is 404 g/mol. The van der Waals surface area contributed by atoms with Crippen LogP contribution in [0.25, 0.3) is 6.08 Å². The SMILES string of the molecule is C/C=C\c1cc(C(=O)OOC)ccc1N1C[C@@H](C)N(C(=O)OC(C)(C)C)C[C@@H]1C. The van der Waals surface area contributed by atoms with Crippen molar-refractivity contribution < 1.29 is 24.1 Å². The average molecular weight is 405 g/mol. The Labute approximate surface area is 173 Å². The molecule has 0 saturated carbocycles. The fourth-order valence-electron chi connectivity index (χ4n) is 3.42. The van der Waals surface area contributed by atoms with Gasteiger partial charge in [0.2, 0.25) is 0 Å². The van der Waals surface area contributed by atoms with Crippen LogP contribution in [0.15, 0.2) is 24.3 Å². The van der Waals surface area contributed by atoms with Gasteiger partial charge in [0.1, 0.15) is 5.60 Å². The van der Waals surface area contributed by atoms with E-state index in [1.54, 1.807) is 17.0 Å². The number of ether oxygens (including phenoxy) is 1. The van der Waals surface area contributed by atoms with Crippen LogP contribution in [-0.2, 0) is 14.5 Å². The molecule has 1 aliphatic rings. The molecule has 0 aliphatic carbocycles. The van der Waals surface area contributed by atoms with Crippen molar-refractivity contribution in [1.82, 2.24) is 4.90 Å². The molecule has 1 fully saturated rings. The maximum absolute atomic E-state index is 12.6. The molecule has 0 N–H and O–H groups in total. The highest BCUT2D eigenvalue weighted by molar-refractivity contribution is 5.91. The molecule has 1 aliphatic heterocycles. The van der Waals surface area contributed by atoms with E-state index in [-0.39, 0.29) is 18.2 Å². The largest absolute Gasteiger partial charge is 0.444 e. The first kappa shape index (κ1) is 22.7. The van der Waals surface area contributed by atoms with Crippen LogP contribution in [0.1, 0.15) is 57.5 Å². The lowest BCUT2D eigenvalue weighted by Crippen LogP contribution is -2.59. The summed E-state index contributed by atoms with van der Waals surface area (Å²) in [4.78, 5) is 37.7. The summed E-state index contributed by atoms with van der Waals surface area (Å²) < 4.78 is 5.56. The Hall–Kier alpha value is -2.54. The predicted molar refractivity (Wildman–Crippen MR) is 113 cm³/mol. The molecular formula is C22H32N2O5. The van der Waals surface area contributed by atoms with Gasteiger partial charge in [-0.2, -0.15) is 4.89 Å². The van der Waals surface area contributed by atoms with E-state index in [1.807, 2.05) is 52.8 Å². The number of anilines is 1. The third-order valence-corrected chi connectivity index (χ3v) is 4.69. The second-order valence-corrected chi connectivity index (χ2v) is 8.29. The molecule has 160 valence electrons. The Morgan fingerprint density at radius 2 is 1.83 bits per heavy atom. The summed E-state index contributed by atoms with van der Waals surface area (Å²) >= 11 is 0. The number of rotatable bonds is 4. The third-order valence-electron chi connectivity index (χ3n) is 4.69. The van der Waals surface area contributed by atoms with Crippen molar-refractivity contribution in [2.45, 2.75) is 59.2 Å². The predicted octanol–water partition coefficient (Wildman–Crippen LogP) is 4.27. The first-order chi connectivity index (χ1) is 13.6. The van der Waals surface area contributed by atoms with Crippen molar-refractivity contribution in [2.75, 3.05) is 25.1 Å². The van der Waals surface area contributed by atoms with Crippen LogP contribution in [0.3, 0.4) is 0 Å². The zero-order valence-corrected chi connectivity index (χ0v) is 18.4. The van der Waals surface area contributed by atoms with Gasteiger partial charge in [-0.3, -0.25) is 4.89 Å². The minimum atomic E-state index is -0.541. The Kier molecular flexibility index (Phi) is 7.30. The van der Waals surface area contributed by atoms with Crippen molar-refractivity contribution in [1.29, 1.82) is 0 Å². The second-order valence-electron chi connectivity index (χ2n) is 8.29. The van der Waals surface area contributed by atoms with E-state index in [4.69, 9.17) is 4.74 Å². The van der Waals surface area contributed by atoms with Gasteiger partial charge in [0.25, 0.3) is 0 Å². The quantitative estimate of drug-likeness (QED) is 0.551. The summed E-state index contributed by atoms with van der Waals surface area (Å²) in [6, 6.07) is 5.49. The van der Waals surface area contributed by atoms with Gasteiger partial charge in [-0.25, -0.2) is 9.59 Å². The van der Waals surface area contributed by atoms with Gasteiger partial charge in [-0.15, -0.1) is 0 Å². The molecule has 2 atom stereocenters. The molecule has 0 aromatic heterocycles. The lowest BCUT2D eigenvalue weighted by atomic mass is 10.0. The highest BCUT2D eigenvalue weighted by Crippen LogP contribution is 2.30. The number of carbonyl (C=O) groups is 2. The van der Waals surface area contributed by atoms with Gasteiger partial charge < -0.3 is 14.5 Å². The molecule has 0 spiro atoms. The van der Waals surface area contributed by atoms with E-state index in [2.05, 4.69) is 21.6 Å². The van der Waals surface area contributed by atoms with E-state index in [0.29, 0.717) is 18.7 Å². The number of piperazine rings is 1. The molecule has 1 amide bonds. The molecule has 1 aromatic carbocycles. The standard InChI is InChI=1S/C22H32N2O5/c1-8-9-17-12-18(20(25)29-27-7)10-11-19(17)23-13-16(3)24(14-15(23)2)21(26)28-22(4,5)6/h8-12,15-16H,13-14H2,1-7H3/b9-8-/t15-,16+/m0/s1. The third kappa shape index (κ3) is 5.73. The summed E-state index contributed by atoms with van der Waals surface area (Å²) in [6.07, 6.45) is 3.59. The first-order valence-corrected chi connectivity index (χ1v) is 9.85. The maximum atomic E-state index is 12.6. The van der Waals surface area contributed by atoms with Crippen LogP contribution in [0.5, 0.6) is 0 Å². The van der Waals surface area contributed by atoms with Gasteiger partial charge >= 0.3 is 12.1 Å². The summed E-state index contributed by atoms with van der Waals surface area (Å²) in [6.45, 7) is 12.8. The van der Waals surface area contributed by atoms with Crippen molar-refractivity contribution in [3.8, 4) is 0 Å². The molecule has 7 heteroatoms. The Morgan fingerprint density at radius 1 is 1.14 bits per heavy atom. The van der Waals surface area contributed by atoms with Crippen molar-refractivity contribution >= 4 is 23.8 Å². The van der Waals surface area contributed by atoms with Crippen LogP contribution in [0.2, 0.25) is 0 Å². The van der Waals surface area contributed by atoms with Crippen LogP contribution in [0.4, 0.5) is 10.5 Å². The van der Waals surface area contributed by atoms with Crippen molar-refractivity contribution in [2.24, 2.45) is 0 Å². The van der Waals surface area contributed by atoms with E-state index in [9.17, 15) is 9.59 Å². The highest BCUT2D eigenvalue weighted by atomic mass is 17.2. The van der Waals surface area contributed by atoms with Gasteiger partial charge in [-0.05, 0) is 65.3 Å². The fourth-order valence-corrected chi connectivity index (χ4v) is 3.42. The smallest absolute Gasteiger partial charge is 0.410 e. The molecule has 2 rings (SSSR count). The number of hydrogen-bond acceptors (Lipinski definition) is 6. The van der Waals surface area contributed by atoms with E-state index in [1.165, 1.54) is 7.11 Å². The van der Waals surface area contributed by atoms with Crippen molar-refractivity contribution in [3.05, 3.63) is 35.4 Å². The van der Waals surface area contributed by atoms with Crippen molar-refractivity contribution in [3.63, 3.8) is 0 Å². The molecule has 7 nitrogen and oxygen atoms in total. The summed E-state index contributed by atoms with van der Waals surface area (Å²) in [5, 5.41) is 0. The van der Waals surface area contributed by atoms with E-state index < -0.39 is 11.6 Å². The number of benzene rings is 1. The zero-order chi connectivity index (χ0) is 21.8. The molecule has 1 heterocycles. The molecule has 1 aromatic rings. The van der Waals surface area contributed by atoms with E-state index >= 15 is 0 Å². The summed E-state index contributed by atoms with van der Waals surface area (Å²) in [5.41, 5.74) is 1.79. The van der Waals surface area contributed by atoms with Gasteiger partial charge in [0, 0.05) is 30.9 Å². The Balaban J connectivity index is 2.26. The van der Waals surface area contributed by atoms with Gasteiger partial charge in [0.15, 0.2) is 0 Å². The van der Waals surface area contributed by atoms with E-state index in [0.717, 1.165) is 11.3 Å². The molecule has 0 radical (unpaired) electrons. The minimum absolute atomic E-state index is 0.0161. The average Bonchev–Trinajstić information content (AvgIpc) is 2.62. The molecule has 29 heavy (non-hydrogen) atoms.